The van der Waals surface area contributed by atoms with E-state index >= 15 is 0 Å². The van der Waals surface area contributed by atoms with Crippen molar-refractivity contribution in [1.82, 2.24) is 10.3 Å². The summed E-state index contributed by atoms with van der Waals surface area (Å²) in [5.41, 5.74) is 2.85. The summed E-state index contributed by atoms with van der Waals surface area (Å²) in [5, 5.41) is 3.49. The molecule has 0 spiro atoms. The summed E-state index contributed by atoms with van der Waals surface area (Å²) in [4.78, 5) is 7.22. The van der Waals surface area contributed by atoms with E-state index in [-0.39, 0.29) is 0 Å². The number of pyridine rings is 1. The number of nitrogens with zero attached hydrogens (tertiary/aromatic N) is 2. The molecular weight excluding hydrogens is 258 g/mol. The van der Waals surface area contributed by atoms with Crippen molar-refractivity contribution in [2.45, 2.75) is 60.5 Å². The molecule has 1 fully saturated rings. The molecule has 2 heterocycles. The van der Waals surface area contributed by atoms with Gasteiger partial charge >= 0.3 is 0 Å². The second kappa shape index (κ2) is 6.35. The fourth-order valence-corrected chi connectivity index (χ4v) is 2.98. The molecule has 1 unspecified atom stereocenters. The molecule has 2 rings (SSSR count). The minimum absolute atomic E-state index is 0.389. The first kappa shape index (κ1) is 16.3. The van der Waals surface area contributed by atoms with Crippen molar-refractivity contribution in [3.63, 3.8) is 0 Å². The molecular formula is C18H31N3. The van der Waals surface area contributed by atoms with E-state index in [4.69, 9.17) is 4.98 Å². The van der Waals surface area contributed by atoms with Crippen molar-refractivity contribution in [2.24, 2.45) is 11.3 Å². The van der Waals surface area contributed by atoms with Crippen LogP contribution >= 0.6 is 0 Å². The molecule has 0 aromatic carbocycles. The van der Waals surface area contributed by atoms with Crippen molar-refractivity contribution in [3.8, 4) is 0 Å². The van der Waals surface area contributed by atoms with E-state index in [2.05, 4.69) is 63.9 Å². The van der Waals surface area contributed by atoms with E-state index in [0.29, 0.717) is 11.5 Å². The molecule has 0 radical (unpaired) electrons. The van der Waals surface area contributed by atoms with Crippen LogP contribution in [0.1, 0.15) is 52.3 Å². The quantitative estimate of drug-likeness (QED) is 0.914. The zero-order chi connectivity index (χ0) is 15.6. The van der Waals surface area contributed by atoms with Crippen LogP contribution in [0, 0.1) is 18.3 Å². The molecule has 0 saturated carbocycles. The summed E-state index contributed by atoms with van der Waals surface area (Å²) in [6, 6.07) is 4.96. The van der Waals surface area contributed by atoms with E-state index in [1.54, 1.807) is 0 Å². The van der Waals surface area contributed by atoms with Gasteiger partial charge in [-0.05, 0) is 42.4 Å². The lowest BCUT2D eigenvalue weighted by atomic mass is 9.80. The van der Waals surface area contributed by atoms with Gasteiger partial charge in [-0.25, -0.2) is 4.98 Å². The van der Waals surface area contributed by atoms with Gasteiger partial charge in [0.25, 0.3) is 0 Å². The third-order valence-electron chi connectivity index (χ3n) is 4.45. The van der Waals surface area contributed by atoms with Gasteiger partial charge in [0, 0.05) is 31.4 Å². The third kappa shape index (κ3) is 4.44. The van der Waals surface area contributed by atoms with E-state index in [0.717, 1.165) is 37.1 Å². The van der Waals surface area contributed by atoms with Crippen LogP contribution in [-0.2, 0) is 6.54 Å². The summed E-state index contributed by atoms with van der Waals surface area (Å²) in [6.07, 6.45) is 1.28. The summed E-state index contributed by atoms with van der Waals surface area (Å²) in [6.45, 7) is 16.7. The Morgan fingerprint density at radius 1 is 1.33 bits per heavy atom. The highest BCUT2D eigenvalue weighted by Crippen LogP contribution is 2.35. The van der Waals surface area contributed by atoms with Gasteiger partial charge in [0.05, 0.1) is 0 Å². The minimum Gasteiger partial charge on any atom is -0.356 e. The van der Waals surface area contributed by atoms with Crippen LogP contribution in [0.25, 0.3) is 0 Å². The maximum atomic E-state index is 4.76. The Morgan fingerprint density at radius 3 is 2.62 bits per heavy atom. The normalized spacial score (nSPS) is 19.6. The first-order valence-corrected chi connectivity index (χ1v) is 8.21. The Balaban J connectivity index is 2.10. The minimum atomic E-state index is 0.389. The van der Waals surface area contributed by atoms with Crippen LogP contribution in [0.2, 0.25) is 0 Å². The van der Waals surface area contributed by atoms with Crippen molar-refractivity contribution in [3.05, 3.63) is 23.4 Å². The van der Waals surface area contributed by atoms with Crippen LogP contribution in [0.3, 0.4) is 0 Å². The molecule has 1 aromatic heterocycles. The summed E-state index contributed by atoms with van der Waals surface area (Å²) < 4.78 is 0. The standard InChI is InChI=1S/C18H31N3/c1-13(2)19-11-15-9-14(3)20-17(10-15)21-8-7-16(12-21)18(4,5)6/h9-10,13,16,19H,7-8,11-12H2,1-6H3. The van der Waals surface area contributed by atoms with Gasteiger partial charge < -0.3 is 10.2 Å². The third-order valence-corrected chi connectivity index (χ3v) is 4.45. The highest BCUT2D eigenvalue weighted by atomic mass is 15.2. The fraction of sp³-hybridized carbons (Fsp3) is 0.722. The van der Waals surface area contributed by atoms with Gasteiger partial charge in [-0.2, -0.15) is 0 Å². The Hall–Kier alpha value is -1.09. The first-order valence-electron chi connectivity index (χ1n) is 8.21. The van der Waals surface area contributed by atoms with E-state index < -0.39 is 0 Å². The molecule has 1 aromatic rings. The van der Waals surface area contributed by atoms with Crippen LogP contribution in [0.15, 0.2) is 12.1 Å². The van der Waals surface area contributed by atoms with Crippen molar-refractivity contribution in [1.29, 1.82) is 0 Å². The average Bonchev–Trinajstić information content (AvgIpc) is 2.85. The van der Waals surface area contributed by atoms with Crippen molar-refractivity contribution >= 4 is 5.82 Å². The zero-order valence-electron chi connectivity index (χ0n) is 14.5. The molecule has 21 heavy (non-hydrogen) atoms. The maximum Gasteiger partial charge on any atom is 0.129 e. The molecule has 1 atom stereocenters. The van der Waals surface area contributed by atoms with E-state index in [1.165, 1.54) is 12.0 Å². The van der Waals surface area contributed by atoms with Gasteiger partial charge in [-0.1, -0.05) is 34.6 Å². The van der Waals surface area contributed by atoms with Crippen molar-refractivity contribution in [2.75, 3.05) is 18.0 Å². The molecule has 0 amide bonds. The SMILES string of the molecule is Cc1cc(CNC(C)C)cc(N2CCC(C(C)(C)C)C2)n1. The van der Waals surface area contributed by atoms with Crippen molar-refractivity contribution < 1.29 is 0 Å². The van der Waals surface area contributed by atoms with E-state index in [9.17, 15) is 0 Å². The number of hydrogen-bond acceptors (Lipinski definition) is 3. The Morgan fingerprint density at radius 2 is 2.05 bits per heavy atom. The lowest BCUT2D eigenvalue weighted by molar-refractivity contribution is 0.263. The van der Waals surface area contributed by atoms with Crippen LogP contribution < -0.4 is 10.2 Å². The first-order chi connectivity index (χ1) is 9.75. The smallest absolute Gasteiger partial charge is 0.129 e. The lowest BCUT2D eigenvalue weighted by Gasteiger charge is -2.27. The van der Waals surface area contributed by atoms with Crippen LogP contribution in [-0.4, -0.2) is 24.1 Å². The Labute approximate surface area is 130 Å². The summed E-state index contributed by atoms with van der Waals surface area (Å²) in [7, 11) is 0. The number of anilines is 1. The molecule has 1 saturated heterocycles. The molecule has 1 aliphatic heterocycles. The van der Waals surface area contributed by atoms with Crippen LogP contribution in [0.5, 0.6) is 0 Å². The van der Waals surface area contributed by atoms with Gasteiger partial charge in [-0.3, -0.25) is 0 Å². The molecule has 1 aliphatic rings. The molecule has 118 valence electrons. The summed E-state index contributed by atoms with van der Waals surface area (Å²) >= 11 is 0. The molecule has 3 nitrogen and oxygen atoms in total. The second-order valence-electron chi connectivity index (χ2n) is 7.81. The highest BCUT2D eigenvalue weighted by molar-refractivity contribution is 5.44. The molecule has 3 heteroatoms. The monoisotopic (exact) mass is 289 g/mol. The zero-order valence-corrected chi connectivity index (χ0v) is 14.5. The Bertz CT molecular complexity index is 474. The highest BCUT2D eigenvalue weighted by Gasteiger charge is 2.32. The molecule has 1 N–H and O–H groups in total. The fourth-order valence-electron chi connectivity index (χ4n) is 2.98. The Kier molecular flexibility index (Phi) is 4.92. The van der Waals surface area contributed by atoms with Gasteiger partial charge in [-0.15, -0.1) is 0 Å². The number of aryl methyl sites for hydroxylation is 1. The van der Waals surface area contributed by atoms with Gasteiger partial charge in [0.1, 0.15) is 5.82 Å². The molecule has 0 aliphatic carbocycles. The van der Waals surface area contributed by atoms with E-state index in [1.807, 2.05) is 0 Å². The second-order valence-corrected chi connectivity index (χ2v) is 7.81. The maximum absolute atomic E-state index is 4.76. The van der Waals surface area contributed by atoms with Gasteiger partial charge in [0.2, 0.25) is 0 Å². The van der Waals surface area contributed by atoms with Crippen LogP contribution in [0.4, 0.5) is 5.82 Å². The number of aromatic nitrogens is 1. The topological polar surface area (TPSA) is 28.2 Å². The number of rotatable bonds is 4. The average molecular weight is 289 g/mol. The predicted octanol–water partition coefficient (Wildman–Crippen LogP) is 3.76. The number of hydrogen-bond donors (Lipinski definition) is 1. The lowest BCUT2D eigenvalue weighted by Crippen LogP contribution is -2.27. The van der Waals surface area contributed by atoms with Gasteiger partial charge in [0.15, 0.2) is 0 Å². The summed E-state index contributed by atoms with van der Waals surface area (Å²) in [5.74, 6) is 1.92. The largest absolute Gasteiger partial charge is 0.356 e. The molecule has 0 bridgehead atoms. The number of nitrogens with one attached hydrogen (secondary N) is 1. The predicted molar refractivity (Wildman–Crippen MR) is 90.7 cm³/mol.